The molecule has 106 valence electrons. The fraction of sp³-hybridized carbons (Fsp3) is 0.467. The minimum atomic E-state index is -0.0733. The maximum absolute atomic E-state index is 12.0. The van der Waals surface area contributed by atoms with E-state index in [9.17, 15) is 4.79 Å². The van der Waals surface area contributed by atoms with E-state index < -0.39 is 0 Å². The number of aromatic nitrogens is 2. The van der Waals surface area contributed by atoms with E-state index in [1.54, 1.807) is 6.07 Å². The third-order valence-corrected chi connectivity index (χ3v) is 5.09. The normalized spacial score (nSPS) is 22.2. The molecule has 1 heterocycles. The molecule has 3 rings (SSSR count). The Morgan fingerprint density at radius 1 is 1.40 bits per heavy atom. The lowest BCUT2D eigenvalue weighted by Gasteiger charge is -2.20. The van der Waals surface area contributed by atoms with Gasteiger partial charge in [0.25, 0.3) is 5.56 Å². The molecule has 2 atom stereocenters. The summed E-state index contributed by atoms with van der Waals surface area (Å²) < 4.78 is 0. The number of rotatable bonds is 4. The first kappa shape index (κ1) is 13.5. The van der Waals surface area contributed by atoms with Crippen LogP contribution in [0, 0.1) is 0 Å². The predicted molar refractivity (Wildman–Crippen MR) is 85.5 cm³/mol. The van der Waals surface area contributed by atoms with E-state index >= 15 is 0 Å². The summed E-state index contributed by atoms with van der Waals surface area (Å²) in [4.78, 5) is 19.4. The molecule has 0 amide bonds. The summed E-state index contributed by atoms with van der Waals surface area (Å²) in [6, 6.07) is 7.85. The van der Waals surface area contributed by atoms with Gasteiger partial charge in [0, 0.05) is 11.3 Å². The molecule has 0 aliphatic heterocycles. The van der Waals surface area contributed by atoms with Gasteiger partial charge in [-0.15, -0.1) is 0 Å². The molecule has 0 bridgehead atoms. The van der Waals surface area contributed by atoms with Gasteiger partial charge in [0.1, 0.15) is 0 Å². The molecule has 1 fully saturated rings. The molecule has 1 aromatic heterocycles. The second-order valence-corrected chi connectivity index (χ2v) is 6.62. The molecule has 0 spiro atoms. The molecule has 0 radical (unpaired) electrons. The lowest BCUT2D eigenvalue weighted by atomic mass is 10.2. The number of benzene rings is 1. The van der Waals surface area contributed by atoms with Gasteiger partial charge in [0.15, 0.2) is 0 Å². The Morgan fingerprint density at radius 2 is 2.25 bits per heavy atom. The lowest BCUT2D eigenvalue weighted by Crippen LogP contribution is -2.28. The standard InChI is InChI=1S/C15H19N3OS/c1-2-20-13-9-5-8-12(13)17-15-16-11-7-4-3-6-10(11)14(19)18-15/h3-4,6-7,12-13H,2,5,8-9H2,1H3,(H2,16,17,18,19). The number of para-hydroxylation sites is 1. The number of thioether (sulfide) groups is 1. The van der Waals surface area contributed by atoms with Crippen molar-refractivity contribution in [3.05, 3.63) is 34.6 Å². The molecule has 2 N–H and O–H groups in total. The number of H-pyrrole nitrogens is 1. The van der Waals surface area contributed by atoms with Crippen molar-refractivity contribution in [1.29, 1.82) is 0 Å². The highest BCUT2D eigenvalue weighted by Crippen LogP contribution is 2.31. The van der Waals surface area contributed by atoms with Crippen LogP contribution in [-0.2, 0) is 0 Å². The van der Waals surface area contributed by atoms with Crippen molar-refractivity contribution in [3.63, 3.8) is 0 Å². The minimum Gasteiger partial charge on any atom is -0.352 e. The van der Waals surface area contributed by atoms with E-state index in [4.69, 9.17) is 0 Å². The fourth-order valence-corrected chi connectivity index (χ4v) is 4.03. The maximum atomic E-state index is 12.0. The Balaban J connectivity index is 1.86. The van der Waals surface area contributed by atoms with E-state index in [0.29, 0.717) is 22.6 Å². The van der Waals surface area contributed by atoms with Crippen molar-refractivity contribution in [3.8, 4) is 0 Å². The van der Waals surface area contributed by atoms with Crippen LogP contribution in [0.4, 0.5) is 5.95 Å². The summed E-state index contributed by atoms with van der Waals surface area (Å²) >= 11 is 1.99. The zero-order valence-electron chi connectivity index (χ0n) is 11.6. The van der Waals surface area contributed by atoms with Gasteiger partial charge in [-0.1, -0.05) is 25.5 Å². The lowest BCUT2D eigenvalue weighted by molar-refractivity contribution is 0.756. The minimum absolute atomic E-state index is 0.0733. The van der Waals surface area contributed by atoms with E-state index in [-0.39, 0.29) is 5.56 Å². The van der Waals surface area contributed by atoms with Gasteiger partial charge >= 0.3 is 0 Å². The summed E-state index contributed by atoms with van der Waals surface area (Å²) in [6.45, 7) is 2.19. The monoisotopic (exact) mass is 289 g/mol. The highest BCUT2D eigenvalue weighted by atomic mass is 32.2. The molecule has 0 saturated heterocycles. The summed E-state index contributed by atoms with van der Waals surface area (Å²) in [7, 11) is 0. The summed E-state index contributed by atoms with van der Waals surface area (Å²) in [5.74, 6) is 1.73. The Bertz CT molecular complexity index is 655. The van der Waals surface area contributed by atoms with Crippen molar-refractivity contribution >= 4 is 28.6 Å². The van der Waals surface area contributed by atoms with Gasteiger partial charge in [-0.05, 0) is 30.7 Å². The highest BCUT2D eigenvalue weighted by Gasteiger charge is 2.27. The van der Waals surface area contributed by atoms with Crippen molar-refractivity contribution in [2.75, 3.05) is 11.1 Å². The van der Waals surface area contributed by atoms with Crippen LogP contribution in [0.3, 0.4) is 0 Å². The third kappa shape index (κ3) is 2.68. The summed E-state index contributed by atoms with van der Waals surface area (Å²) in [5, 5.41) is 4.69. The number of aromatic amines is 1. The molecule has 2 unspecified atom stereocenters. The van der Waals surface area contributed by atoms with Crippen LogP contribution in [0.25, 0.3) is 10.9 Å². The van der Waals surface area contributed by atoms with Crippen LogP contribution in [0.1, 0.15) is 26.2 Å². The van der Waals surface area contributed by atoms with Gasteiger partial charge in [-0.2, -0.15) is 11.8 Å². The number of fused-ring (bicyclic) bond motifs is 1. The molecule has 2 aromatic rings. The zero-order chi connectivity index (χ0) is 13.9. The molecule has 1 aliphatic carbocycles. The van der Waals surface area contributed by atoms with Crippen LogP contribution in [-0.4, -0.2) is 27.0 Å². The van der Waals surface area contributed by atoms with Crippen LogP contribution in [0.15, 0.2) is 29.1 Å². The first-order chi connectivity index (χ1) is 9.78. The van der Waals surface area contributed by atoms with Gasteiger partial charge < -0.3 is 5.32 Å². The topological polar surface area (TPSA) is 57.8 Å². The first-order valence-corrected chi connectivity index (χ1v) is 8.20. The number of nitrogens with one attached hydrogen (secondary N) is 2. The third-order valence-electron chi connectivity index (χ3n) is 3.77. The van der Waals surface area contributed by atoms with Crippen LogP contribution < -0.4 is 10.9 Å². The average Bonchev–Trinajstić information content (AvgIpc) is 2.87. The van der Waals surface area contributed by atoms with E-state index in [2.05, 4.69) is 22.2 Å². The summed E-state index contributed by atoms with van der Waals surface area (Å²) in [6.07, 6.45) is 3.63. The number of nitrogens with zero attached hydrogens (tertiary/aromatic N) is 1. The number of anilines is 1. The zero-order valence-corrected chi connectivity index (χ0v) is 12.4. The molecule has 20 heavy (non-hydrogen) atoms. The maximum Gasteiger partial charge on any atom is 0.260 e. The number of hydrogen-bond donors (Lipinski definition) is 2. The smallest absolute Gasteiger partial charge is 0.260 e. The van der Waals surface area contributed by atoms with Gasteiger partial charge in [-0.3, -0.25) is 9.78 Å². The highest BCUT2D eigenvalue weighted by molar-refractivity contribution is 7.99. The largest absolute Gasteiger partial charge is 0.352 e. The molecule has 1 aromatic carbocycles. The van der Waals surface area contributed by atoms with Crippen molar-refractivity contribution in [1.82, 2.24) is 9.97 Å². The Labute approximate surface area is 122 Å². The van der Waals surface area contributed by atoms with Crippen LogP contribution in [0.5, 0.6) is 0 Å². The summed E-state index contributed by atoms with van der Waals surface area (Å²) in [5.41, 5.74) is 0.673. The molecule has 5 heteroatoms. The van der Waals surface area contributed by atoms with Crippen molar-refractivity contribution in [2.45, 2.75) is 37.5 Å². The van der Waals surface area contributed by atoms with Gasteiger partial charge in [0.2, 0.25) is 5.95 Å². The van der Waals surface area contributed by atoms with Gasteiger partial charge in [0.05, 0.1) is 10.9 Å². The first-order valence-electron chi connectivity index (χ1n) is 7.15. The van der Waals surface area contributed by atoms with Crippen LogP contribution in [0.2, 0.25) is 0 Å². The van der Waals surface area contributed by atoms with E-state index in [1.165, 1.54) is 12.8 Å². The second kappa shape index (κ2) is 5.87. The van der Waals surface area contributed by atoms with Crippen molar-refractivity contribution < 1.29 is 0 Å². The molecule has 4 nitrogen and oxygen atoms in total. The SMILES string of the molecule is CCSC1CCCC1Nc1nc2ccccc2c(=O)[nH]1. The molecule has 1 saturated carbocycles. The van der Waals surface area contributed by atoms with Gasteiger partial charge in [-0.25, -0.2) is 4.98 Å². The molecule has 1 aliphatic rings. The Kier molecular flexibility index (Phi) is 3.96. The second-order valence-electron chi connectivity index (χ2n) is 5.11. The fourth-order valence-electron chi connectivity index (χ4n) is 2.84. The quantitative estimate of drug-likeness (QED) is 0.908. The van der Waals surface area contributed by atoms with E-state index in [0.717, 1.165) is 17.7 Å². The van der Waals surface area contributed by atoms with Crippen molar-refractivity contribution in [2.24, 2.45) is 0 Å². The Morgan fingerprint density at radius 3 is 3.10 bits per heavy atom. The Hall–Kier alpha value is -1.49. The molecular formula is C15H19N3OS. The average molecular weight is 289 g/mol. The predicted octanol–water partition coefficient (Wildman–Crippen LogP) is 3.01. The van der Waals surface area contributed by atoms with Crippen LogP contribution >= 0.6 is 11.8 Å². The molecular weight excluding hydrogens is 270 g/mol. The number of hydrogen-bond acceptors (Lipinski definition) is 4. The van der Waals surface area contributed by atoms with E-state index in [1.807, 2.05) is 30.0 Å².